The average molecular weight is 389 g/mol. The molecule has 0 aliphatic rings. The molecular formula is C17H19N5O4S. The molecule has 2 aromatic heterocycles. The molecule has 1 aromatic carbocycles. The Morgan fingerprint density at radius 1 is 1.15 bits per heavy atom. The van der Waals surface area contributed by atoms with Crippen LogP contribution in [0.2, 0.25) is 0 Å². The molecule has 142 valence electrons. The van der Waals surface area contributed by atoms with Crippen LogP contribution in [0.5, 0.6) is 11.5 Å². The predicted octanol–water partition coefficient (Wildman–Crippen LogP) is 1.78. The van der Waals surface area contributed by atoms with Gasteiger partial charge in [-0.05, 0) is 29.8 Å². The first-order valence-corrected chi connectivity index (χ1v) is 9.80. The van der Waals surface area contributed by atoms with Crippen molar-refractivity contribution in [2.45, 2.75) is 6.54 Å². The number of aromatic nitrogens is 4. The highest BCUT2D eigenvalue weighted by Crippen LogP contribution is 2.28. The van der Waals surface area contributed by atoms with E-state index in [2.05, 4.69) is 20.4 Å². The summed E-state index contributed by atoms with van der Waals surface area (Å²) in [6.45, 7) is 0.320. The van der Waals surface area contributed by atoms with Gasteiger partial charge in [-0.15, -0.1) is 9.19 Å². The SMILES string of the molecule is COc1ccc(CNc2nc(-c3cccnc3)nn2S(C)(=O)=O)cc1OC. The first kappa shape index (κ1) is 18.6. The summed E-state index contributed by atoms with van der Waals surface area (Å²) in [7, 11) is -0.522. The fourth-order valence-electron chi connectivity index (χ4n) is 2.43. The van der Waals surface area contributed by atoms with E-state index < -0.39 is 10.0 Å². The van der Waals surface area contributed by atoms with E-state index in [9.17, 15) is 8.42 Å². The Morgan fingerprint density at radius 2 is 1.93 bits per heavy atom. The summed E-state index contributed by atoms with van der Waals surface area (Å²) >= 11 is 0. The van der Waals surface area contributed by atoms with Crippen molar-refractivity contribution in [3.63, 3.8) is 0 Å². The Kier molecular flexibility index (Phi) is 5.26. The van der Waals surface area contributed by atoms with Gasteiger partial charge in [-0.3, -0.25) is 4.98 Å². The van der Waals surface area contributed by atoms with Gasteiger partial charge in [-0.25, -0.2) is 8.42 Å². The molecule has 0 spiro atoms. The maximum atomic E-state index is 12.1. The van der Waals surface area contributed by atoms with Crippen molar-refractivity contribution in [2.75, 3.05) is 25.8 Å². The van der Waals surface area contributed by atoms with Crippen LogP contribution in [-0.2, 0) is 16.6 Å². The number of nitrogens with zero attached hydrogens (tertiary/aromatic N) is 4. The van der Waals surface area contributed by atoms with Gasteiger partial charge in [0.25, 0.3) is 10.0 Å². The number of hydrogen-bond acceptors (Lipinski definition) is 8. The average Bonchev–Trinajstić information content (AvgIpc) is 3.11. The minimum atomic E-state index is -3.63. The van der Waals surface area contributed by atoms with Crippen molar-refractivity contribution in [1.82, 2.24) is 19.2 Å². The number of nitrogens with one attached hydrogen (secondary N) is 1. The molecule has 0 saturated heterocycles. The summed E-state index contributed by atoms with van der Waals surface area (Å²) in [6.07, 6.45) is 4.25. The first-order chi connectivity index (χ1) is 12.9. The largest absolute Gasteiger partial charge is 0.493 e. The van der Waals surface area contributed by atoms with E-state index in [1.165, 1.54) is 0 Å². The van der Waals surface area contributed by atoms with E-state index in [-0.39, 0.29) is 11.8 Å². The summed E-state index contributed by atoms with van der Waals surface area (Å²) in [5.41, 5.74) is 1.48. The third-order valence-electron chi connectivity index (χ3n) is 3.71. The van der Waals surface area contributed by atoms with Gasteiger partial charge in [-0.2, -0.15) is 4.98 Å². The summed E-state index contributed by atoms with van der Waals surface area (Å²) in [5.74, 6) is 1.58. The Labute approximate surface area is 157 Å². The highest BCUT2D eigenvalue weighted by molar-refractivity contribution is 7.89. The van der Waals surface area contributed by atoms with Gasteiger partial charge < -0.3 is 14.8 Å². The molecule has 10 heteroatoms. The predicted molar refractivity (Wildman–Crippen MR) is 100 cm³/mol. The standard InChI is InChI=1S/C17H19N5O4S/c1-25-14-7-6-12(9-15(14)26-2)10-19-17-20-16(13-5-4-8-18-11-13)21-22(17)27(3,23)24/h4-9,11H,10H2,1-3H3,(H,19,20,21). The highest BCUT2D eigenvalue weighted by Gasteiger charge is 2.18. The minimum absolute atomic E-state index is 0.117. The van der Waals surface area contributed by atoms with Gasteiger partial charge in [0.1, 0.15) is 0 Å². The number of benzene rings is 1. The number of hydrogen-bond donors (Lipinski definition) is 1. The molecule has 0 aliphatic heterocycles. The van der Waals surface area contributed by atoms with Gasteiger partial charge in [0.05, 0.1) is 20.5 Å². The molecule has 2 heterocycles. The lowest BCUT2D eigenvalue weighted by atomic mass is 10.2. The molecule has 0 saturated carbocycles. The van der Waals surface area contributed by atoms with Crippen molar-refractivity contribution in [3.8, 4) is 22.9 Å². The fraction of sp³-hybridized carbons (Fsp3) is 0.235. The van der Waals surface area contributed by atoms with Crippen LogP contribution in [0, 0.1) is 0 Å². The molecule has 3 rings (SSSR count). The van der Waals surface area contributed by atoms with Crippen molar-refractivity contribution < 1.29 is 17.9 Å². The van der Waals surface area contributed by atoms with E-state index >= 15 is 0 Å². The molecule has 3 aromatic rings. The van der Waals surface area contributed by atoms with Crippen molar-refractivity contribution in [3.05, 3.63) is 48.3 Å². The Hall–Kier alpha value is -3.14. The molecular weight excluding hydrogens is 370 g/mol. The smallest absolute Gasteiger partial charge is 0.254 e. The number of ether oxygens (including phenoxy) is 2. The maximum Gasteiger partial charge on any atom is 0.254 e. The molecule has 9 nitrogen and oxygen atoms in total. The first-order valence-electron chi connectivity index (χ1n) is 7.95. The zero-order valence-corrected chi connectivity index (χ0v) is 15.9. The zero-order chi connectivity index (χ0) is 19.4. The number of anilines is 1. The van der Waals surface area contributed by atoms with Crippen molar-refractivity contribution in [1.29, 1.82) is 0 Å². The van der Waals surface area contributed by atoms with Crippen LogP contribution in [-0.4, -0.2) is 48.0 Å². The summed E-state index contributed by atoms with van der Waals surface area (Å²) in [4.78, 5) is 8.31. The Morgan fingerprint density at radius 3 is 2.56 bits per heavy atom. The molecule has 0 amide bonds. The number of methoxy groups -OCH3 is 2. The van der Waals surface area contributed by atoms with E-state index in [1.807, 2.05) is 6.07 Å². The van der Waals surface area contributed by atoms with Crippen LogP contribution in [0.25, 0.3) is 11.4 Å². The zero-order valence-electron chi connectivity index (χ0n) is 15.1. The molecule has 0 radical (unpaired) electrons. The molecule has 1 N–H and O–H groups in total. The Balaban J connectivity index is 1.89. The fourth-order valence-corrected chi connectivity index (χ4v) is 3.07. The van der Waals surface area contributed by atoms with Gasteiger partial charge in [0, 0.05) is 24.5 Å². The topological polar surface area (TPSA) is 108 Å². The van der Waals surface area contributed by atoms with E-state index in [0.717, 1.165) is 15.9 Å². The number of pyridine rings is 1. The van der Waals surface area contributed by atoms with Gasteiger partial charge in [0.15, 0.2) is 17.3 Å². The molecule has 0 bridgehead atoms. The molecule has 27 heavy (non-hydrogen) atoms. The van der Waals surface area contributed by atoms with Gasteiger partial charge in [-0.1, -0.05) is 6.07 Å². The van der Waals surface area contributed by atoms with Crippen LogP contribution in [0.4, 0.5) is 5.95 Å². The van der Waals surface area contributed by atoms with Crippen LogP contribution in [0.1, 0.15) is 5.56 Å². The van der Waals surface area contributed by atoms with Gasteiger partial charge >= 0.3 is 0 Å². The second-order valence-electron chi connectivity index (χ2n) is 5.65. The second kappa shape index (κ2) is 7.62. The highest BCUT2D eigenvalue weighted by atomic mass is 32.2. The summed E-state index contributed by atoms with van der Waals surface area (Å²) in [5, 5.41) is 7.10. The number of rotatable bonds is 7. The maximum absolute atomic E-state index is 12.1. The lowest BCUT2D eigenvalue weighted by Crippen LogP contribution is -2.16. The van der Waals surface area contributed by atoms with Gasteiger partial charge in [0.2, 0.25) is 5.95 Å². The summed E-state index contributed by atoms with van der Waals surface area (Å²) in [6, 6.07) is 8.91. The van der Waals surface area contributed by atoms with Crippen LogP contribution < -0.4 is 14.8 Å². The second-order valence-corrected chi connectivity index (χ2v) is 7.46. The van der Waals surface area contributed by atoms with E-state index in [0.29, 0.717) is 23.6 Å². The lowest BCUT2D eigenvalue weighted by molar-refractivity contribution is 0.354. The molecule has 0 fully saturated rings. The third kappa shape index (κ3) is 4.17. The quantitative estimate of drug-likeness (QED) is 0.651. The summed E-state index contributed by atoms with van der Waals surface area (Å²) < 4.78 is 35.5. The monoisotopic (exact) mass is 389 g/mol. The van der Waals surface area contributed by atoms with Crippen molar-refractivity contribution in [2.24, 2.45) is 0 Å². The van der Waals surface area contributed by atoms with Crippen LogP contribution >= 0.6 is 0 Å². The lowest BCUT2D eigenvalue weighted by Gasteiger charge is -2.10. The van der Waals surface area contributed by atoms with Crippen LogP contribution in [0.15, 0.2) is 42.7 Å². The van der Waals surface area contributed by atoms with Crippen molar-refractivity contribution >= 4 is 16.0 Å². The van der Waals surface area contributed by atoms with E-state index in [1.54, 1.807) is 50.9 Å². The normalized spacial score (nSPS) is 11.2. The van der Waals surface area contributed by atoms with E-state index in [4.69, 9.17) is 9.47 Å². The van der Waals surface area contributed by atoms with Crippen LogP contribution in [0.3, 0.4) is 0 Å². The molecule has 0 atom stereocenters. The molecule has 0 unspecified atom stereocenters. The molecule has 0 aliphatic carbocycles. The third-order valence-corrected chi connectivity index (χ3v) is 4.59. The Bertz CT molecular complexity index is 1030. The minimum Gasteiger partial charge on any atom is -0.493 e.